The number of rotatable bonds is 4. The lowest BCUT2D eigenvalue weighted by atomic mass is 10.1. The number of hydrogen-bond donors (Lipinski definition) is 1. The number of nitrogens with zero attached hydrogens (tertiary/aromatic N) is 1. The van der Waals surface area contributed by atoms with Gasteiger partial charge < -0.3 is 10.1 Å². The van der Waals surface area contributed by atoms with Crippen molar-refractivity contribution < 1.29 is 18.3 Å². The van der Waals surface area contributed by atoms with Crippen LogP contribution in [-0.4, -0.2) is 18.0 Å². The second-order valence-electron chi connectivity index (χ2n) is 4.46. The van der Waals surface area contributed by atoms with Crippen molar-refractivity contribution in [3.05, 3.63) is 59.4 Å². The van der Waals surface area contributed by atoms with E-state index in [1.807, 2.05) is 0 Å². The summed E-state index contributed by atoms with van der Waals surface area (Å²) in [5, 5.41) is 2.66. The molecule has 0 spiro atoms. The third kappa shape index (κ3) is 3.53. The summed E-state index contributed by atoms with van der Waals surface area (Å²) >= 11 is 0. The van der Waals surface area contributed by atoms with Crippen LogP contribution >= 0.6 is 0 Å². The molecule has 0 aliphatic rings. The molecule has 1 aromatic heterocycles. The average Bonchev–Trinajstić information content (AvgIpc) is 2.47. The molecule has 0 bridgehead atoms. The fourth-order valence-electron chi connectivity index (χ4n) is 1.86. The summed E-state index contributed by atoms with van der Waals surface area (Å²) in [7, 11) is 1.38. The zero-order chi connectivity index (χ0) is 15.4. The van der Waals surface area contributed by atoms with Crippen molar-refractivity contribution in [3.63, 3.8) is 0 Å². The fraction of sp³-hybridized carbons (Fsp3) is 0.200. The van der Waals surface area contributed by atoms with Gasteiger partial charge in [-0.25, -0.2) is 9.37 Å². The van der Waals surface area contributed by atoms with Crippen LogP contribution in [-0.2, 0) is 0 Å². The van der Waals surface area contributed by atoms with Gasteiger partial charge >= 0.3 is 0 Å². The monoisotopic (exact) mass is 292 g/mol. The zero-order valence-electron chi connectivity index (χ0n) is 11.6. The van der Waals surface area contributed by atoms with Crippen LogP contribution in [0.3, 0.4) is 0 Å². The Hall–Kier alpha value is -2.50. The number of ether oxygens (including phenoxy) is 1. The molecule has 1 atom stereocenters. The Kier molecular flexibility index (Phi) is 4.47. The number of halogens is 2. The Labute approximate surface area is 120 Å². The van der Waals surface area contributed by atoms with Crippen LogP contribution in [0.2, 0.25) is 0 Å². The summed E-state index contributed by atoms with van der Waals surface area (Å²) in [4.78, 5) is 15.3. The Bertz CT molecular complexity index is 662. The van der Waals surface area contributed by atoms with E-state index in [0.717, 1.165) is 6.07 Å². The van der Waals surface area contributed by atoms with Gasteiger partial charge in [-0.15, -0.1) is 0 Å². The van der Waals surface area contributed by atoms with Gasteiger partial charge in [-0.2, -0.15) is 4.39 Å². The van der Waals surface area contributed by atoms with E-state index in [0.29, 0.717) is 5.56 Å². The maximum absolute atomic E-state index is 13.6. The molecule has 1 heterocycles. The molecule has 0 aliphatic carbocycles. The van der Waals surface area contributed by atoms with E-state index in [2.05, 4.69) is 10.3 Å². The maximum atomic E-state index is 13.6. The highest BCUT2D eigenvalue weighted by Crippen LogP contribution is 2.21. The number of nitrogens with one attached hydrogen (secondary N) is 1. The first kappa shape index (κ1) is 14.9. The molecular weight excluding hydrogens is 278 g/mol. The van der Waals surface area contributed by atoms with Crippen molar-refractivity contribution in [1.82, 2.24) is 10.3 Å². The molecule has 1 aromatic carbocycles. The number of carbonyl (C=O) groups is 1. The lowest BCUT2D eigenvalue weighted by Gasteiger charge is -2.15. The summed E-state index contributed by atoms with van der Waals surface area (Å²) in [6.45, 7) is 1.71. The van der Waals surface area contributed by atoms with Gasteiger partial charge in [0.15, 0.2) is 11.6 Å². The first-order valence-corrected chi connectivity index (χ1v) is 6.27. The second-order valence-corrected chi connectivity index (χ2v) is 4.46. The van der Waals surface area contributed by atoms with Gasteiger partial charge in [0.2, 0.25) is 5.95 Å². The van der Waals surface area contributed by atoms with Crippen molar-refractivity contribution in [2.24, 2.45) is 0 Å². The number of amides is 1. The Morgan fingerprint density at radius 2 is 2.05 bits per heavy atom. The summed E-state index contributed by atoms with van der Waals surface area (Å²) in [6.07, 6.45) is 1.21. The predicted molar refractivity (Wildman–Crippen MR) is 73.0 cm³/mol. The molecule has 2 rings (SSSR count). The minimum Gasteiger partial charge on any atom is -0.494 e. The van der Waals surface area contributed by atoms with Crippen molar-refractivity contribution in [2.45, 2.75) is 13.0 Å². The van der Waals surface area contributed by atoms with Crippen molar-refractivity contribution in [1.29, 1.82) is 0 Å². The Morgan fingerprint density at radius 1 is 1.29 bits per heavy atom. The minimum absolute atomic E-state index is 0.133. The number of aromatic nitrogens is 1. The molecule has 1 amide bonds. The van der Waals surface area contributed by atoms with Crippen molar-refractivity contribution in [2.75, 3.05) is 7.11 Å². The third-order valence-electron chi connectivity index (χ3n) is 3.01. The lowest BCUT2D eigenvalue weighted by Crippen LogP contribution is -2.26. The number of carbonyl (C=O) groups excluding carboxylic acids is 1. The summed E-state index contributed by atoms with van der Waals surface area (Å²) < 4.78 is 31.4. The molecule has 0 fully saturated rings. The molecule has 0 radical (unpaired) electrons. The molecule has 0 saturated carbocycles. The van der Waals surface area contributed by atoms with Crippen molar-refractivity contribution >= 4 is 5.91 Å². The summed E-state index contributed by atoms with van der Waals surface area (Å²) in [5.74, 6) is -1.56. The van der Waals surface area contributed by atoms with E-state index in [-0.39, 0.29) is 11.3 Å². The van der Waals surface area contributed by atoms with E-state index in [1.165, 1.54) is 31.5 Å². The van der Waals surface area contributed by atoms with Gasteiger partial charge in [-0.1, -0.05) is 6.07 Å². The molecule has 0 aliphatic heterocycles. The van der Waals surface area contributed by atoms with Crippen LogP contribution < -0.4 is 10.1 Å². The minimum atomic E-state index is -0.731. The first-order valence-electron chi connectivity index (χ1n) is 6.27. The van der Waals surface area contributed by atoms with E-state index in [9.17, 15) is 13.6 Å². The molecule has 1 unspecified atom stereocenters. The lowest BCUT2D eigenvalue weighted by molar-refractivity contribution is 0.0939. The van der Waals surface area contributed by atoms with Crippen LogP contribution in [0.25, 0.3) is 0 Å². The Morgan fingerprint density at radius 3 is 2.67 bits per heavy atom. The normalized spacial score (nSPS) is 11.8. The molecule has 21 heavy (non-hydrogen) atoms. The standard InChI is InChI=1S/C15H14F2N2O2/c1-9(10-3-4-13(21-2)12(16)7-10)19-15(20)11-5-6-18-14(17)8-11/h3-9H,1-2H3,(H,19,20). The molecular formula is C15H14F2N2O2. The van der Waals surface area contributed by atoms with Gasteiger partial charge in [0.05, 0.1) is 13.2 Å². The van der Waals surface area contributed by atoms with Crippen LogP contribution in [0, 0.1) is 11.8 Å². The van der Waals surface area contributed by atoms with Gasteiger partial charge in [0.25, 0.3) is 5.91 Å². The molecule has 0 saturated heterocycles. The summed E-state index contributed by atoms with van der Waals surface area (Å²) in [6, 6.07) is 6.43. The van der Waals surface area contributed by atoms with Crippen LogP contribution in [0.1, 0.15) is 28.9 Å². The van der Waals surface area contributed by atoms with E-state index < -0.39 is 23.7 Å². The number of benzene rings is 1. The quantitative estimate of drug-likeness (QED) is 0.882. The van der Waals surface area contributed by atoms with Crippen LogP contribution in [0.4, 0.5) is 8.78 Å². The predicted octanol–water partition coefficient (Wildman–Crippen LogP) is 2.86. The first-order chi connectivity index (χ1) is 10.0. The molecule has 2 aromatic rings. The smallest absolute Gasteiger partial charge is 0.251 e. The van der Waals surface area contributed by atoms with E-state index in [1.54, 1.807) is 13.0 Å². The maximum Gasteiger partial charge on any atom is 0.251 e. The van der Waals surface area contributed by atoms with E-state index >= 15 is 0 Å². The molecule has 4 nitrogen and oxygen atoms in total. The number of pyridine rings is 1. The zero-order valence-corrected chi connectivity index (χ0v) is 11.6. The van der Waals surface area contributed by atoms with Gasteiger partial charge in [0.1, 0.15) is 0 Å². The van der Waals surface area contributed by atoms with Crippen molar-refractivity contribution in [3.8, 4) is 5.75 Å². The highest BCUT2D eigenvalue weighted by Gasteiger charge is 2.14. The second kappa shape index (κ2) is 6.30. The topological polar surface area (TPSA) is 51.2 Å². The SMILES string of the molecule is COc1ccc(C(C)NC(=O)c2ccnc(F)c2)cc1F. The highest BCUT2D eigenvalue weighted by atomic mass is 19.1. The third-order valence-corrected chi connectivity index (χ3v) is 3.01. The molecule has 6 heteroatoms. The molecule has 1 N–H and O–H groups in total. The van der Waals surface area contributed by atoms with E-state index in [4.69, 9.17) is 4.74 Å². The Balaban J connectivity index is 2.12. The highest BCUT2D eigenvalue weighted by molar-refractivity contribution is 5.94. The largest absolute Gasteiger partial charge is 0.494 e. The van der Waals surface area contributed by atoms with Gasteiger partial charge in [-0.05, 0) is 30.7 Å². The van der Waals surface area contributed by atoms with Gasteiger partial charge in [0, 0.05) is 17.8 Å². The molecule has 110 valence electrons. The average molecular weight is 292 g/mol. The van der Waals surface area contributed by atoms with Crippen LogP contribution in [0.5, 0.6) is 5.75 Å². The summed E-state index contributed by atoms with van der Waals surface area (Å²) in [5.41, 5.74) is 0.736. The fourth-order valence-corrected chi connectivity index (χ4v) is 1.86. The number of methoxy groups -OCH3 is 1. The number of hydrogen-bond acceptors (Lipinski definition) is 3. The van der Waals surface area contributed by atoms with Crippen LogP contribution in [0.15, 0.2) is 36.5 Å². The van der Waals surface area contributed by atoms with Gasteiger partial charge in [-0.3, -0.25) is 4.79 Å².